The van der Waals surface area contributed by atoms with E-state index in [0.717, 1.165) is 0 Å². The lowest BCUT2D eigenvalue weighted by Crippen LogP contribution is -2.48. The average Bonchev–Trinajstić information content (AvgIpc) is 1.67. The van der Waals surface area contributed by atoms with Crippen LogP contribution in [-0.2, 0) is 23.9 Å². The maximum Gasteiger partial charge on any atom is 0.319 e. The maximum atomic E-state index is 14.7. The van der Waals surface area contributed by atoms with Gasteiger partial charge in [-0.2, -0.15) is 50.2 Å². The molecule has 3 amide bonds. The van der Waals surface area contributed by atoms with Crippen LogP contribution in [0.1, 0.15) is 8.22 Å². The Hall–Kier alpha value is -12.0. The quantitative estimate of drug-likeness (QED) is 0.0342. The van der Waals surface area contributed by atoms with E-state index < -0.39 is 74.3 Å². The highest BCUT2D eigenvalue weighted by Gasteiger charge is 2.42. The Kier molecular flexibility index (Phi) is 23.4. The number of halogens is 9. The van der Waals surface area contributed by atoms with E-state index in [0.29, 0.717) is 145 Å². The molecule has 0 spiro atoms. The first-order valence-electron chi connectivity index (χ1n) is 42.0. The van der Waals surface area contributed by atoms with Gasteiger partial charge in [0.25, 0.3) is 0 Å². The minimum atomic E-state index is -2.59. The van der Waals surface area contributed by atoms with Crippen molar-refractivity contribution in [2.45, 2.75) is 36.9 Å². The summed E-state index contributed by atoms with van der Waals surface area (Å²) in [5, 5.41) is 21.9. The highest BCUT2D eigenvalue weighted by Crippen LogP contribution is 2.46. The molecular formula is C81H81Cl4F5N24O11. The second kappa shape index (κ2) is 37.0. The lowest BCUT2D eigenvalue weighted by molar-refractivity contribution is -0.127. The van der Waals surface area contributed by atoms with Crippen LogP contribution in [0.3, 0.4) is 0 Å². The number of nitrogens with one attached hydrogen (secondary N) is 3. The van der Waals surface area contributed by atoms with Gasteiger partial charge in [-0.05, 0) is 57.4 Å². The lowest BCUT2D eigenvalue weighted by Gasteiger charge is -2.35. The molecule has 3 N–H and O–H groups in total. The van der Waals surface area contributed by atoms with E-state index in [9.17, 15) is 36.3 Å². The second-order valence-electron chi connectivity index (χ2n) is 29.6. The van der Waals surface area contributed by atoms with E-state index in [1.54, 1.807) is 44.8 Å². The van der Waals surface area contributed by atoms with Crippen LogP contribution in [0.15, 0.2) is 105 Å². The normalized spacial score (nSPS) is 20.6. The van der Waals surface area contributed by atoms with Crippen molar-refractivity contribution in [3.05, 3.63) is 143 Å². The Morgan fingerprint density at radius 2 is 0.800 bits per heavy atom. The smallest absolute Gasteiger partial charge is 0.319 e. The van der Waals surface area contributed by atoms with Gasteiger partial charge in [0.2, 0.25) is 41.8 Å². The van der Waals surface area contributed by atoms with E-state index in [2.05, 4.69) is 85.2 Å². The van der Waals surface area contributed by atoms with Gasteiger partial charge in [0.05, 0.1) is 73.4 Å². The highest BCUT2D eigenvalue weighted by atomic mass is 35.5. The molecular weight excluding hydrogens is 1720 g/mol. The number of aromatic nitrogens is 15. The fraction of sp³-hybridized carbons (Fsp3) is 0.370. The molecule has 35 nitrogen and oxygen atoms in total. The molecule has 0 radical (unpaired) electrons. The van der Waals surface area contributed by atoms with E-state index in [-0.39, 0.29) is 147 Å². The summed E-state index contributed by atoms with van der Waals surface area (Å²) in [6.45, 7) is 11.8. The summed E-state index contributed by atoms with van der Waals surface area (Å²) in [6.07, 6.45) is 5.13. The van der Waals surface area contributed by atoms with Gasteiger partial charge < -0.3 is 72.2 Å². The number of hydrogen-bond donors (Lipinski definition) is 3. The van der Waals surface area contributed by atoms with Crippen LogP contribution in [0.25, 0.3) is 65.4 Å². The van der Waals surface area contributed by atoms with Crippen LogP contribution in [0.5, 0.6) is 52.9 Å². The third-order valence-corrected chi connectivity index (χ3v) is 23.1. The first-order chi connectivity index (χ1) is 62.8. The number of nitrogens with zero attached hydrogens (tertiary/aromatic N) is 21. The number of rotatable bonds is 21. The number of hydrogen-bond acceptors (Lipinski definition) is 29. The summed E-state index contributed by atoms with van der Waals surface area (Å²) in [7, 11) is 4.69. The number of H-pyrrole nitrogens is 3. The van der Waals surface area contributed by atoms with E-state index in [1.807, 2.05) is 14.7 Å². The van der Waals surface area contributed by atoms with Gasteiger partial charge in [-0.3, -0.25) is 39.5 Å². The maximum absolute atomic E-state index is 14.7. The Balaban J connectivity index is 0.000000144. The number of piperazine rings is 3. The third-order valence-electron chi connectivity index (χ3n) is 21.9. The molecule has 3 aromatic carbocycles. The zero-order valence-electron chi connectivity index (χ0n) is 72.8. The molecule has 125 heavy (non-hydrogen) atoms. The first-order valence-corrected chi connectivity index (χ1v) is 40.5. The summed E-state index contributed by atoms with van der Waals surface area (Å²) in [4.78, 5) is 92.6. The van der Waals surface area contributed by atoms with Crippen LogP contribution >= 0.6 is 46.4 Å². The Labute approximate surface area is 737 Å². The van der Waals surface area contributed by atoms with Gasteiger partial charge in [0.15, 0.2) is 17.2 Å². The number of aromatic amines is 3. The SMILES string of the molecule is C=CC(=O)N1CCN(c2nc(O[C@H]3CN(C)C[C@@H]3C(F)F)nc3c(Oc4c(Cl)c(F)cc5[nH]ncc45)nccc23)CC1.[2H]C([2H])([2H])N1C[C@@H](OC)[C@H](Oc2nc(N3CCN(C(=O)C=C)CC3)c3cc(Cl)nc(Oc4c(Cl)c(F)cc5[nH]ncc45)c3n2)C1.[2H]C([2H])([2H])N1C[C@@H](OC)[C@H](Oc2nc(N3CCN(C(=O)C=C)CC3)c3ccnc(Oc4c(Cl)c(F)cc5[nH]ncc45)c3n2)C1. The van der Waals surface area contributed by atoms with Gasteiger partial charge >= 0.3 is 18.0 Å². The molecule has 6 fully saturated rings. The monoisotopic (exact) mass is 1810 g/mol. The number of methoxy groups -OCH3 is 2. The molecule has 44 heteroatoms. The van der Waals surface area contributed by atoms with Gasteiger partial charge in [-0.1, -0.05) is 66.1 Å². The number of alkyl halides is 2. The Morgan fingerprint density at radius 3 is 1.16 bits per heavy atom. The summed E-state index contributed by atoms with van der Waals surface area (Å²) in [5.74, 6) is -2.59. The van der Waals surface area contributed by atoms with Crippen molar-refractivity contribution in [1.82, 2.24) is 105 Å². The number of carbonyl (C=O) groups excluding carboxylic acids is 3. The van der Waals surface area contributed by atoms with Gasteiger partial charge in [0.1, 0.15) is 102 Å². The molecule has 6 aliphatic heterocycles. The van der Waals surface area contributed by atoms with E-state index in [1.165, 1.54) is 91.4 Å². The molecule has 18 rings (SSSR count). The van der Waals surface area contributed by atoms with Crippen molar-refractivity contribution in [2.24, 2.45) is 5.92 Å². The van der Waals surface area contributed by atoms with Gasteiger partial charge in [0, 0.05) is 171 Å². The third kappa shape index (κ3) is 18.0. The zero-order chi connectivity index (χ0) is 92.8. The number of fused-ring (bicyclic) bond motifs is 6. The Morgan fingerprint density at radius 1 is 0.456 bits per heavy atom. The molecule has 0 unspecified atom stereocenters. The molecule has 0 bridgehead atoms. The topological polar surface area (TPSA) is 356 Å². The molecule has 0 aliphatic carbocycles. The molecule has 15 heterocycles. The average molecular weight is 1810 g/mol. The number of amides is 3. The number of benzene rings is 3. The number of likely N-dealkylation sites (N-methyl/N-ethyl adjacent to an activating group) is 3. The molecule has 6 saturated heterocycles. The van der Waals surface area contributed by atoms with E-state index in [4.69, 9.17) is 102 Å². The summed E-state index contributed by atoms with van der Waals surface area (Å²) in [6, 6.07) is 8.28. The summed E-state index contributed by atoms with van der Waals surface area (Å²) >= 11 is 25.4. The molecule has 0 saturated carbocycles. The zero-order valence-corrected chi connectivity index (χ0v) is 69.8. The lowest BCUT2D eigenvalue weighted by atomic mass is 10.1. The van der Waals surface area contributed by atoms with Crippen LogP contribution < -0.4 is 43.1 Å². The van der Waals surface area contributed by atoms with Crippen molar-refractivity contribution >= 4 is 147 Å². The van der Waals surface area contributed by atoms with Crippen LogP contribution in [0, 0.1) is 23.4 Å². The largest absolute Gasteiger partial charge is 0.458 e. The van der Waals surface area contributed by atoms with Crippen molar-refractivity contribution < 1.29 is 82.5 Å². The van der Waals surface area contributed by atoms with Crippen LogP contribution in [0.4, 0.5) is 39.4 Å². The predicted molar refractivity (Wildman–Crippen MR) is 454 cm³/mol. The fourth-order valence-electron chi connectivity index (χ4n) is 15.5. The van der Waals surface area contributed by atoms with Crippen molar-refractivity contribution in [2.75, 3.05) is 168 Å². The van der Waals surface area contributed by atoms with Gasteiger partial charge in [-0.25, -0.2) is 31.9 Å². The highest BCUT2D eigenvalue weighted by molar-refractivity contribution is 6.34. The number of ether oxygens (including phenoxy) is 8. The molecule has 654 valence electrons. The predicted octanol–water partition coefficient (Wildman–Crippen LogP) is 10.6. The van der Waals surface area contributed by atoms with Crippen LogP contribution in [0.2, 0.25) is 20.2 Å². The number of likely N-dealkylation sites (tertiary alicyclic amines) is 3. The first kappa shape index (κ1) is 78.9. The number of pyridine rings is 3. The minimum Gasteiger partial charge on any atom is -0.458 e. The summed E-state index contributed by atoms with van der Waals surface area (Å²) < 4.78 is 166. The standard InChI is InChI=1S/C27H27Cl2FN8O4.C27H26ClF3N8O3.C27H28ClFN8O4/c1-4-21(39)37-5-7-38(8-6-37)25-14-9-20(28)32-26(42-24-15-11-31-35-17(15)10-16(30)22(24)29)23(14)33-27(34-25)41-19-13-36(2)12-18(19)40-3;1-3-20(40)38-6-8-39(9-7-38)25-14-4-5-32-26(42-23-15-11-33-36-18(15)10-17(29)21(23)28)22(14)34-27(35-25)41-19-13-37(2)12-16(19)24(30)31;1-4-21(38)36-7-9-37(10-8-36)25-15-5-6-30-26(41-24-16-12-31-34-18(16)11-17(29)22(24)28)23(15)32-27(33-25)40-20-14-35(2)13-19(20)39-3/h4,9-11,18-19H,1,5-8,12-13H2,2-3H3,(H,31,35);3-5,10-11,16,19,24H,1,6-9,12-13H2,2H3,(H,33,36);4-6,11-12,19-20H,1,7-10,13-14H2,2-3H3,(H,31,34)/t18-,19-;16-,19-;19-,20-/m101/s1/i2D3;;2D3. The van der Waals surface area contributed by atoms with Crippen molar-refractivity contribution in [3.8, 4) is 52.9 Å². The molecule has 6 atom stereocenters. The molecule has 9 aromatic heterocycles. The molecule has 6 aliphatic rings. The number of anilines is 3. The number of carbonyl (C=O) groups is 3. The van der Waals surface area contributed by atoms with Crippen molar-refractivity contribution in [1.29, 1.82) is 0 Å². The summed E-state index contributed by atoms with van der Waals surface area (Å²) in [5.41, 5.74) is 1.70. The Bertz CT molecular complexity index is 6380. The minimum absolute atomic E-state index is 0.00171. The fourth-order valence-corrected chi connectivity index (χ4v) is 16.2. The van der Waals surface area contributed by atoms with Crippen LogP contribution in [-0.4, -0.2) is 313 Å². The van der Waals surface area contributed by atoms with Crippen molar-refractivity contribution in [3.63, 3.8) is 0 Å². The molecule has 12 aromatic rings. The second-order valence-corrected chi connectivity index (χ2v) is 31.1. The van der Waals surface area contributed by atoms with E-state index >= 15 is 0 Å². The van der Waals surface area contributed by atoms with Gasteiger partial charge in [-0.15, -0.1) is 0 Å².